The number of alkyl halides is 1. The first kappa shape index (κ1) is 10.5. The van der Waals surface area contributed by atoms with Crippen LogP contribution in [0.3, 0.4) is 0 Å². The molecular weight excluding hydrogens is 191 g/mol. The Balaban J connectivity index is 2.84. The zero-order chi connectivity index (χ0) is 9.68. The molecule has 1 aromatic carbocycles. The lowest BCUT2D eigenvalue weighted by Crippen LogP contribution is -2.09. The van der Waals surface area contributed by atoms with Crippen molar-refractivity contribution >= 4 is 11.6 Å². The summed E-state index contributed by atoms with van der Waals surface area (Å²) in [6.07, 6.45) is 0. The fourth-order valence-electron chi connectivity index (χ4n) is 1.22. The third-order valence-electron chi connectivity index (χ3n) is 1.90. The Morgan fingerprint density at radius 1 is 1.46 bits per heavy atom. The van der Waals surface area contributed by atoms with E-state index in [0.29, 0.717) is 18.1 Å². The van der Waals surface area contributed by atoms with Crippen molar-refractivity contribution in [3.8, 4) is 0 Å². The quantitative estimate of drug-likeness (QED) is 0.683. The van der Waals surface area contributed by atoms with Gasteiger partial charge in [-0.05, 0) is 11.6 Å². The number of benzene rings is 1. The minimum atomic E-state index is -0.217. The van der Waals surface area contributed by atoms with Crippen molar-refractivity contribution in [1.29, 1.82) is 0 Å². The molecule has 0 fully saturated rings. The van der Waals surface area contributed by atoms with Gasteiger partial charge in [0.05, 0.1) is 6.61 Å². The van der Waals surface area contributed by atoms with E-state index in [4.69, 9.17) is 16.3 Å². The molecule has 0 saturated heterocycles. The Bertz CT molecular complexity index is 265. The molecule has 1 unspecified atom stereocenters. The summed E-state index contributed by atoms with van der Waals surface area (Å²) in [5.41, 5.74) is 0.624. The van der Waals surface area contributed by atoms with E-state index >= 15 is 0 Å². The van der Waals surface area contributed by atoms with Gasteiger partial charge >= 0.3 is 0 Å². The molecule has 0 radical (unpaired) electrons. The fraction of sp³-hybridized carbons (Fsp3) is 0.400. The summed E-state index contributed by atoms with van der Waals surface area (Å²) in [4.78, 5) is 0. The number of rotatable bonds is 4. The van der Waals surface area contributed by atoms with Gasteiger partial charge < -0.3 is 4.74 Å². The molecule has 1 atom stereocenters. The van der Waals surface area contributed by atoms with Crippen LogP contribution < -0.4 is 0 Å². The summed E-state index contributed by atoms with van der Waals surface area (Å²) in [6, 6.07) is 6.64. The number of methoxy groups -OCH3 is 1. The average Bonchev–Trinajstić information content (AvgIpc) is 2.16. The first-order chi connectivity index (χ1) is 6.29. The molecule has 0 saturated carbocycles. The molecule has 0 aliphatic rings. The van der Waals surface area contributed by atoms with E-state index in [1.54, 1.807) is 25.3 Å². The molecule has 0 aliphatic carbocycles. The first-order valence-electron chi connectivity index (χ1n) is 4.09. The van der Waals surface area contributed by atoms with Gasteiger partial charge in [-0.1, -0.05) is 18.2 Å². The van der Waals surface area contributed by atoms with Crippen molar-refractivity contribution in [2.75, 3.05) is 19.6 Å². The normalized spacial score (nSPS) is 12.8. The Kier molecular flexibility index (Phi) is 4.19. The van der Waals surface area contributed by atoms with Crippen LogP contribution in [0.5, 0.6) is 0 Å². The first-order valence-corrected chi connectivity index (χ1v) is 4.62. The molecule has 13 heavy (non-hydrogen) atoms. The molecule has 1 nitrogen and oxygen atoms in total. The van der Waals surface area contributed by atoms with Crippen molar-refractivity contribution in [2.45, 2.75) is 5.92 Å². The predicted molar refractivity (Wildman–Crippen MR) is 51.7 cm³/mol. The Morgan fingerprint density at radius 2 is 2.15 bits per heavy atom. The number of hydrogen-bond acceptors (Lipinski definition) is 1. The van der Waals surface area contributed by atoms with Gasteiger partial charge in [0.25, 0.3) is 0 Å². The smallest absolute Gasteiger partial charge is 0.126 e. The van der Waals surface area contributed by atoms with E-state index in [1.807, 2.05) is 0 Å². The van der Waals surface area contributed by atoms with Crippen LogP contribution in [-0.4, -0.2) is 19.6 Å². The zero-order valence-corrected chi connectivity index (χ0v) is 8.22. The van der Waals surface area contributed by atoms with Crippen LogP contribution in [0.4, 0.5) is 4.39 Å². The third kappa shape index (κ3) is 2.68. The van der Waals surface area contributed by atoms with E-state index in [1.165, 1.54) is 6.07 Å². The summed E-state index contributed by atoms with van der Waals surface area (Å²) in [6.45, 7) is 0.449. The number of ether oxygens (including phenoxy) is 1. The minimum absolute atomic E-state index is 0.0622. The second-order valence-corrected chi connectivity index (χ2v) is 3.14. The van der Waals surface area contributed by atoms with E-state index < -0.39 is 0 Å². The largest absolute Gasteiger partial charge is 0.384 e. The van der Waals surface area contributed by atoms with Gasteiger partial charge in [0.15, 0.2) is 0 Å². The van der Waals surface area contributed by atoms with E-state index in [2.05, 4.69) is 0 Å². The van der Waals surface area contributed by atoms with Gasteiger partial charge in [-0.15, -0.1) is 11.6 Å². The highest BCUT2D eigenvalue weighted by Crippen LogP contribution is 2.20. The van der Waals surface area contributed by atoms with Crippen molar-refractivity contribution in [2.24, 2.45) is 0 Å². The molecule has 72 valence electrons. The van der Waals surface area contributed by atoms with E-state index in [9.17, 15) is 4.39 Å². The topological polar surface area (TPSA) is 9.23 Å². The van der Waals surface area contributed by atoms with Gasteiger partial charge in [0.2, 0.25) is 0 Å². The summed E-state index contributed by atoms with van der Waals surface area (Å²) >= 11 is 5.71. The highest BCUT2D eigenvalue weighted by Gasteiger charge is 2.13. The summed E-state index contributed by atoms with van der Waals surface area (Å²) in [5, 5.41) is 0. The number of halogens is 2. The lowest BCUT2D eigenvalue weighted by molar-refractivity contribution is 0.184. The summed E-state index contributed by atoms with van der Waals surface area (Å²) in [7, 11) is 1.58. The highest BCUT2D eigenvalue weighted by atomic mass is 35.5. The summed E-state index contributed by atoms with van der Waals surface area (Å²) in [5.74, 6) is 0.0902. The number of hydrogen-bond donors (Lipinski definition) is 0. The Labute approximate surface area is 82.5 Å². The predicted octanol–water partition coefficient (Wildman–Crippen LogP) is 2.79. The fourth-order valence-corrected chi connectivity index (χ4v) is 1.48. The molecule has 0 heterocycles. The molecular formula is C10H12ClFO. The van der Waals surface area contributed by atoms with Crippen molar-refractivity contribution < 1.29 is 9.13 Å². The van der Waals surface area contributed by atoms with Crippen molar-refractivity contribution in [3.05, 3.63) is 35.6 Å². The molecule has 1 aromatic rings. The van der Waals surface area contributed by atoms with Gasteiger partial charge in [-0.2, -0.15) is 0 Å². The lowest BCUT2D eigenvalue weighted by atomic mass is 10.0. The van der Waals surface area contributed by atoms with Crippen LogP contribution in [0.1, 0.15) is 11.5 Å². The average molecular weight is 203 g/mol. The highest BCUT2D eigenvalue weighted by molar-refractivity contribution is 6.18. The van der Waals surface area contributed by atoms with E-state index in [0.717, 1.165) is 0 Å². The second kappa shape index (κ2) is 5.20. The van der Waals surface area contributed by atoms with Gasteiger partial charge in [-0.25, -0.2) is 4.39 Å². The molecule has 0 bridgehead atoms. The van der Waals surface area contributed by atoms with Crippen LogP contribution in [0, 0.1) is 5.82 Å². The van der Waals surface area contributed by atoms with Crippen molar-refractivity contribution in [1.82, 2.24) is 0 Å². The monoisotopic (exact) mass is 202 g/mol. The van der Waals surface area contributed by atoms with Gasteiger partial charge in [-0.3, -0.25) is 0 Å². The maximum Gasteiger partial charge on any atom is 0.126 e. The maximum absolute atomic E-state index is 13.2. The van der Waals surface area contributed by atoms with Crippen LogP contribution in [-0.2, 0) is 4.74 Å². The van der Waals surface area contributed by atoms with Crippen LogP contribution in [0.25, 0.3) is 0 Å². The Morgan fingerprint density at radius 3 is 2.69 bits per heavy atom. The molecule has 0 N–H and O–H groups in total. The molecule has 0 aliphatic heterocycles. The molecule has 0 spiro atoms. The van der Waals surface area contributed by atoms with Crippen LogP contribution in [0.15, 0.2) is 24.3 Å². The van der Waals surface area contributed by atoms with Gasteiger partial charge in [0.1, 0.15) is 5.82 Å². The van der Waals surface area contributed by atoms with Crippen molar-refractivity contribution in [3.63, 3.8) is 0 Å². The van der Waals surface area contributed by atoms with Gasteiger partial charge in [0, 0.05) is 18.9 Å². The summed E-state index contributed by atoms with van der Waals surface area (Å²) < 4.78 is 18.2. The maximum atomic E-state index is 13.2. The standard InChI is InChI=1S/C10H12ClFO/c1-13-7-8(6-11)9-4-2-3-5-10(9)12/h2-5,8H,6-7H2,1H3. The molecule has 3 heteroatoms. The SMILES string of the molecule is COCC(CCl)c1ccccc1F. The van der Waals surface area contributed by atoms with E-state index in [-0.39, 0.29) is 11.7 Å². The lowest BCUT2D eigenvalue weighted by Gasteiger charge is -2.13. The minimum Gasteiger partial charge on any atom is -0.384 e. The zero-order valence-electron chi connectivity index (χ0n) is 7.47. The molecule has 0 aromatic heterocycles. The molecule has 0 amide bonds. The second-order valence-electron chi connectivity index (χ2n) is 2.83. The molecule has 1 rings (SSSR count). The van der Waals surface area contributed by atoms with Crippen LogP contribution >= 0.6 is 11.6 Å². The van der Waals surface area contributed by atoms with Crippen LogP contribution in [0.2, 0.25) is 0 Å². The third-order valence-corrected chi connectivity index (χ3v) is 2.27. The Hall–Kier alpha value is -0.600.